The van der Waals surface area contributed by atoms with Crippen LogP contribution in [0.4, 0.5) is 4.79 Å². The Labute approximate surface area is 122 Å². The van der Waals surface area contributed by atoms with E-state index in [4.69, 9.17) is 9.47 Å². The number of nitrogens with one attached hydrogen (secondary N) is 2. The van der Waals surface area contributed by atoms with Crippen LogP contribution in [0.1, 0.15) is 24.2 Å². The minimum absolute atomic E-state index is 0.290. The summed E-state index contributed by atoms with van der Waals surface area (Å²) in [6, 6.07) is 5.68. The van der Waals surface area contributed by atoms with Crippen LogP contribution in [-0.4, -0.2) is 37.7 Å². The van der Waals surface area contributed by atoms with E-state index in [1.54, 1.807) is 12.1 Å². The summed E-state index contributed by atoms with van der Waals surface area (Å²) >= 11 is 0. The standard InChI is InChI=1S/C14H18N2O5/c1-4-20-11-7-5-10(6-8-11)13(18)21-9(2)12(17)16-14(19)15-3/h5-9H,4H2,1-3H3,(H2,15,16,17,19)/t9-/m0/s1. The van der Waals surface area contributed by atoms with E-state index in [-0.39, 0.29) is 5.56 Å². The van der Waals surface area contributed by atoms with Gasteiger partial charge in [0.05, 0.1) is 12.2 Å². The Morgan fingerprint density at radius 2 is 1.81 bits per heavy atom. The predicted molar refractivity (Wildman–Crippen MR) is 75.1 cm³/mol. The van der Waals surface area contributed by atoms with Gasteiger partial charge in [0, 0.05) is 7.05 Å². The van der Waals surface area contributed by atoms with Crippen LogP contribution in [0, 0.1) is 0 Å². The lowest BCUT2D eigenvalue weighted by atomic mass is 10.2. The molecule has 0 radical (unpaired) electrons. The molecule has 1 atom stereocenters. The zero-order chi connectivity index (χ0) is 15.8. The average Bonchev–Trinajstić information content (AvgIpc) is 2.47. The molecule has 2 N–H and O–H groups in total. The molecule has 7 heteroatoms. The molecule has 0 fully saturated rings. The van der Waals surface area contributed by atoms with E-state index < -0.39 is 24.0 Å². The van der Waals surface area contributed by atoms with E-state index in [0.29, 0.717) is 12.4 Å². The monoisotopic (exact) mass is 294 g/mol. The van der Waals surface area contributed by atoms with Crippen molar-refractivity contribution in [2.45, 2.75) is 20.0 Å². The van der Waals surface area contributed by atoms with Gasteiger partial charge >= 0.3 is 12.0 Å². The molecular weight excluding hydrogens is 276 g/mol. The minimum Gasteiger partial charge on any atom is -0.494 e. The number of hydrogen-bond acceptors (Lipinski definition) is 5. The molecule has 0 saturated carbocycles. The fraction of sp³-hybridized carbons (Fsp3) is 0.357. The van der Waals surface area contributed by atoms with Crippen LogP contribution in [0.3, 0.4) is 0 Å². The predicted octanol–water partition coefficient (Wildman–Crippen LogP) is 1.09. The van der Waals surface area contributed by atoms with Crippen molar-refractivity contribution in [2.24, 2.45) is 0 Å². The van der Waals surface area contributed by atoms with E-state index in [9.17, 15) is 14.4 Å². The lowest BCUT2D eigenvalue weighted by Gasteiger charge is -2.12. The van der Waals surface area contributed by atoms with Gasteiger partial charge in [0.15, 0.2) is 6.10 Å². The number of amides is 3. The van der Waals surface area contributed by atoms with Crippen LogP contribution in [0.2, 0.25) is 0 Å². The minimum atomic E-state index is -1.08. The third-order valence-electron chi connectivity index (χ3n) is 2.52. The van der Waals surface area contributed by atoms with Gasteiger partial charge in [-0.1, -0.05) is 0 Å². The van der Waals surface area contributed by atoms with Gasteiger partial charge in [-0.2, -0.15) is 0 Å². The molecule has 0 heterocycles. The number of imide groups is 1. The molecule has 1 aromatic rings. The molecule has 3 amide bonds. The number of hydrogen-bond donors (Lipinski definition) is 2. The zero-order valence-electron chi connectivity index (χ0n) is 12.1. The van der Waals surface area contributed by atoms with Gasteiger partial charge in [0.1, 0.15) is 5.75 Å². The highest BCUT2D eigenvalue weighted by Crippen LogP contribution is 2.13. The lowest BCUT2D eigenvalue weighted by molar-refractivity contribution is -0.127. The highest BCUT2D eigenvalue weighted by molar-refractivity contribution is 5.98. The topological polar surface area (TPSA) is 93.7 Å². The van der Waals surface area contributed by atoms with Crippen molar-refractivity contribution < 1.29 is 23.9 Å². The molecule has 0 aromatic heterocycles. The summed E-state index contributed by atoms with van der Waals surface area (Å²) in [5, 5.41) is 4.25. The Hall–Kier alpha value is -2.57. The van der Waals surface area contributed by atoms with Crippen LogP contribution in [0.5, 0.6) is 5.75 Å². The van der Waals surface area contributed by atoms with Crippen molar-refractivity contribution >= 4 is 17.9 Å². The molecule has 114 valence electrons. The van der Waals surface area contributed by atoms with Crippen LogP contribution in [-0.2, 0) is 9.53 Å². The Bertz CT molecular complexity index is 513. The fourth-order valence-corrected chi connectivity index (χ4v) is 1.41. The van der Waals surface area contributed by atoms with Crippen LogP contribution in [0.15, 0.2) is 24.3 Å². The molecule has 0 aliphatic rings. The summed E-state index contributed by atoms with van der Waals surface area (Å²) in [5.41, 5.74) is 0.290. The van der Waals surface area contributed by atoms with Crippen LogP contribution < -0.4 is 15.4 Å². The maximum Gasteiger partial charge on any atom is 0.338 e. The van der Waals surface area contributed by atoms with Crippen molar-refractivity contribution in [1.29, 1.82) is 0 Å². The van der Waals surface area contributed by atoms with Crippen LogP contribution in [0.25, 0.3) is 0 Å². The molecule has 0 saturated heterocycles. The number of carbonyl (C=O) groups is 3. The first kappa shape index (κ1) is 16.5. The number of ether oxygens (including phenoxy) is 2. The molecule has 1 rings (SSSR count). The Balaban J connectivity index is 2.59. The molecule has 0 spiro atoms. The smallest absolute Gasteiger partial charge is 0.338 e. The molecule has 21 heavy (non-hydrogen) atoms. The van der Waals surface area contributed by atoms with Gasteiger partial charge in [-0.15, -0.1) is 0 Å². The summed E-state index contributed by atoms with van der Waals surface area (Å²) in [4.78, 5) is 34.4. The second-order valence-electron chi connectivity index (χ2n) is 4.07. The summed E-state index contributed by atoms with van der Waals surface area (Å²) in [6.45, 7) is 3.76. The van der Waals surface area contributed by atoms with Crippen molar-refractivity contribution in [3.8, 4) is 5.75 Å². The Morgan fingerprint density at radius 1 is 1.19 bits per heavy atom. The summed E-state index contributed by atoms with van der Waals surface area (Å²) < 4.78 is 10.2. The largest absolute Gasteiger partial charge is 0.494 e. The number of rotatable bonds is 5. The molecule has 0 bridgehead atoms. The summed E-state index contributed by atoms with van der Waals surface area (Å²) in [5.74, 6) is -0.717. The first-order valence-corrected chi connectivity index (χ1v) is 6.44. The second kappa shape index (κ2) is 7.88. The first-order chi connectivity index (χ1) is 9.97. The zero-order valence-corrected chi connectivity index (χ0v) is 12.1. The maximum atomic E-state index is 11.8. The van der Waals surface area contributed by atoms with Crippen molar-refractivity contribution in [3.63, 3.8) is 0 Å². The van der Waals surface area contributed by atoms with E-state index in [1.807, 2.05) is 12.2 Å². The average molecular weight is 294 g/mol. The molecule has 0 unspecified atom stereocenters. The highest BCUT2D eigenvalue weighted by atomic mass is 16.5. The number of esters is 1. The molecule has 7 nitrogen and oxygen atoms in total. The van der Waals surface area contributed by atoms with Gasteiger partial charge < -0.3 is 14.8 Å². The van der Waals surface area contributed by atoms with E-state index >= 15 is 0 Å². The van der Waals surface area contributed by atoms with Gasteiger partial charge in [-0.25, -0.2) is 9.59 Å². The van der Waals surface area contributed by atoms with Gasteiger partial charge in [0.2, 0.25) is 0 Å². The lowest BCUT2D eigenvalue weighted by Crippen LogP contribution is -2.43. The third kappa shape index (κ3) is 5.13. The normalized spacial score (nSPS) is 11.2. The van der Waals surface area contributed by atoms with E-state index in [1.165, 1.54) is 26.1 Å². The van der Waals surface area contributed by atoms with Crippen molar-refractivity contribution in [3.05, 3.63) is 29.8 Å². The van der Waals surface area contributed by atoms with E-state index in [0.717, 1.165) is 0 Å². The highest BCUT2D eigenvalue weighted by Gasteiger charge is 2.20. The summed E-state index contributed by atoms with van der Waals surface area (Å²) in [6.07, 6.45) is -1.08. The third-order valence-corrected chi connectivity index (χ3v) is 2.52. The Kier molecular flexibility index (Phi) is 6.19. The quantitative estimate of drug-likeness (QED) is 0.793. The Morgan fingerprint density at radius 3 is 2.33 bits per heavy atom. The van der Waals surface area contributed by atoms with Gasteiger partial charge in [0.25, 0.3) is 5.91 Å². The van der Waals surface area contributed by atoms with Gasteiger partial charge in [-0.05, 0) is 38.1 Å². The molecule has 0 aliphatic carbocycles. The van der Waals surface area contributed by atoms with Crippen molar-refractivity contribution in [2.75, 3.05) is 13.7 Å². The number of benzene rings is 1. The fourth-order valence-electron chi connectivity index (χ4n) is 1.41. The first-order valence-electron chi connectivity index (χ1n) is 6.44. The molecule has 1 aromatic carbocycles. The summed E-state index contributed by atoms with van der Waals surface area (Å²) in [7, 11) is 1.37. The van der Waals surface area contributed by atoms with E-state index in [2.05, 4.69) is 5.32 Å². The maximum absolute atomic E-state index is 11.8. The van der Waals surface area contributed by atoms with Crippen molar-refractivity contribution in [1.82, 2.24) is 10.6 Å². The van der Waals surface area contributed by atoms with Gasteiger partial charge in [-0.3, -0.25) is 10.1 Å². The molecule has 0 aliphatic heterocycles. The number of urea groups is 1. The molecular formula is C14H18N2O5. The number of carbonyl (C=O) groups excluding carboxylic acids is 3. The SMILES string of the molecule is CCOc1ccc(C(=O)O[C@@H](C)C(=O)NC(=O)NC)cc1. The second-order valence-corrected chi connectivity index (χ2v) is 4.07. The van der Waals surface area contributed by atoms with Crippen LogP contribution >= 0.6 is 0 Å².